The van der Waals surface area contributed by atoms with E-state index in [1.165, 1.54) is 13.2 Å². The fourth-order valence-corrected chi connectivity index (χ4v) is 1.27. The second-order valence-corrected chi connectivity index (χ2v) is 3.18. The van der Waals surface area contributed by atoms with Crippen LogP contribution >= 0.6 is 0 Å². The normalized spacial score (nSPS) is 14.3. The van der Waals surface area contributed by atoms with E-state index in [1.54, 1.807) is 7.05 Å². The molecule has 1 rings (SSSR count). The highest BCUT2D eigenvalue weighted by atomic mass is 19.4. The number of halogens is 3. The Balaban J connectivity index is 3.06. The fraction of sp³-hybridized carbons (Fsp3) is 0.625. The average Bonchev–Trinajstić information content (AvgIpc) is 2.47. The molecule has 0 saturated heterocycles. The number of aliphatic hydroxyl groups excluding tert-OH is 1. The van der Waals surface area contributed by atoms with E-state index < -0.39 is 18.0 Å². The third-order valence-corrected chi connectivity index (χ3v) is 1.88. The van der Waals surface area contributed by atoms with Crippen molar-refractivity contribution in [1.29, 1.82) is 0 Å². The van der Waals surface area contributed by atoms with Gasteiger partial charge >= 0.3 is 6.18 Å². The molecule has 0 aliphatic carbocycles. The van der Waals surface area contributed by atoms with Crippen LogP contribution in [0.1, 0.15) is 17.4 Å². The molecule has 1 heterocycles. The van der Waals surface area contributed by atoms with E-state index in [-0.39, 0.29) is 12.1 Å². The highest BCUT2D eigenvalue weighted by Crippen LogP contribution is 2.33. The van der Waals surface area contributed by atoms with Crippen molar-refractivity contribution >= 4 is 0 Å². The highest BCUT2D eigenvalue weighted by Gasteiger charge is 2.38. The number of likely N-dealkylation sites (N-methyl/N-ethyl adjacent to an activating group) is 1. The first-order chi connectivity index (χ1) is 6.86. The number of rotatable bonds is 3. The third-order valence-electron chi connectivity index (χ3n) is 1.88. The number of hydrogen-bond donors (Lipinski definition) is 2. The van der Waals surface area contributed by atoms with Crippen molar-refractivity contribution < 1.29 is 18.3 Å². The van der Waals surface area contributed by atoms with Crippen molar-refractivity contribution in [3.63, 3.8) is 0 Å². The largest absolute Gasteiger partial charge is 0.435 e. The molecule has 1 aromatic rings. The van der Waals surface area contributed by atoms with E-state index in [0.717, 1.165) is 4.68 Å². The van der Waals surface area contributed by atoms with Crippen LogP contribution in [0.5, 0.6) is 0 Å². The van der Waals surface area contributed by atoms with Crippen LogP contribution in [-0.4, -0.2) is 28.5 Å². The standard InChI is InChI=1S/C8H12F3N3O/c1-12-3-6(15)5-4-14(2)13-7(5)8(9,10)11/h4,6,12,15H,3H2,1-2H3. The van der Waals surface area contributed by atoms with E-state index in [1.807, 2.05) is 0 Å². The van der Waals surface area contributed by atoms with E-state index in [9.17, 15) is 18.3 Å². The number of nitrogens with zero attached hydrogens (tertiary/aromatic N) is 2. The van der Waals surface area contributed by atoms with E-state index in [0.29, 0.717) is 0 Å². The Morgan fingerprint density at radius 2 is 2.20 bits per heavy atom. The van der Waals surface area contributed by atoms with Gasteiger partial charge in [0, 0.05) is 25.4 Å². The zero-order chi connectivity index (χ0) is 11.6. The quantitative estimate of drug-likeness (QED) is 0.792. The molecule has 1 aromatic heterocycles. The monoisotopic (exact) mass is 223 g/mol. The molecule has 0 aliphatic rings. The molecule has 4 nitrogen and oxygen atoms in total. The Bertz CT molecular complexity index is 334. The van der Waals surface area contributed by atoms with Gasteiger partial charge in [-0.2, -0.15) is 18.3 Å². The van der Waals surface area contributed by atoms with Crippen LogP contribution < -0.4 is 5.32 Å². The van der Waals surface area contributed by atoms with Gasteiger partial charge in [0.1, 0.15) is 0 Å². The van der Waals surface area contributed by atoms with Gasteiger partial charge in [0.2, 0.25) is 0 Å². The van der Waals surface area contributed by atoms with Crippen molar-refractivity contribution in [3.8, 4) is 0 Å². The number of hydrogen-bond acceptors (Lipinski definition) is 3. The van der Waals surface area contributed by atoms with E-state index in [2.05, 4.69) is 10.4 Å². The molecule has 0 amide bonds. The second-order valence-electron chi connectivity index (χ2n) is 3.18. The van der Waals surface area contributed by atoms with Crippen LogP contribution in [-0.2, 0) is 13.2 Å². The molecule has 7 heteroatoms. The summed E-state index contributed by atoms with van der Waals surface area (Å²) in [7, 11) is 2.93. The molecule has 0 saturated carbocycles. The summed E-state index contributed by atoms with van der Waals surface area (Å²) in [4.78, 5) is 0. The zero-order valence-electron chi connectivity index (χ0n) is 8.34. The van der Waals surface area contributed by atoms with Gasteiger partial charge in [-0.1, -0.05) is 0 Å². The summed E-state index contributed by atoms with van der Waals surface area (Å²) in [5.74, 6) is 0. The SMILES string of the molecule is CNCC(O)c1cn(C)nc1C(F)(F)F. The summed E-state index contributed by atoms with van der Waals surface area (Å²) in [5.41, 5.74) is -1.24. The molecular weight excluding hydrogens is 211 g/mol. The van der Waals surface area contributed by atoms with Gasteiger partial charge in [-0.25, -0.2) is 0 Å². The molecule has 1 atom stereocenters. The molecule has 0 aliphatic heterocycles. The maximum absolute atomic E-state index is 12.5. The number of nitrogens with one attached hydrogen (secondary N) is 1. The van der Waals surface area contributed by atoms with Crippen LogP contribution in [0.4, 0.5) is 13.2 Å². The molecule has 0 spiro atoms. The smallest absolute Gasteiger partial charge is 0.387 e. The molecule has 86 valence electrons. The maximum atomic E-state index is 12.5. The second kappa shape index (κ2) is 4.19. The maximum Gasteiger partial charge on any atom is 0.435 e. The van der Waals surface area contributed by atoms with E-state index in [4.69, 9.17) is 0 Å². The molecular formula is C8H12F3N3O. The molecule has 1 unspecified atom stereocenters. The lowest BCUT2D eigenvalue weighted by Crippen LogP contribution is -2.19. The molecule has 0 fully saturated rings. The number of alkyl halides is 3. The fourth-order valence-electron chi connectivity index (χ4n) is 1.27. The minimum absolute atomic E-state index is 0.0504. The van der Waals surface area contributed by atoms with Crippen LogP contribution in [0.25, 0.3) is 0 Å². The summed E-state index contributed by atoms with van der Waals surface area (Å²) >= 11 is 0. The number of aromatic nitrogens is 2. The van der Waals surface area contributed by atoms with Crippen molar-refractivity contribution in [2.45, 2.75) is 12.3 Å². The van der Waals surface area contributed by atoms with Gasteiger partial charge in [-0.05, 0) is 7.05 Å². The number of aryl methyl sites for hydroxylation is 1. The molecule has 0 aromatic carbocycles. The first-order valence-electron chi connectivity index (χ1n) is 4.29. The lowest BCUT2D eigenvalue weighted by molar-refractivity contribution is -0.143. The van der Waals surface area contributed by atoms with Crippen molar-refractivity contribution in [2.24, 2.45) is 7.05 Å². The van der Waals surface area contributed by atoms with Gasteiger partial charge in [0.25, 0.3) is 0 Å². The third kappa shape index (κ3) is 2.69. The summed E-state index contributed by atoms with van der Waals surface area (Å²) in [6.45, 7) is 0.0504. The van der Waals surface area contributed by atoms with E-state index >= 15 is 0 Å². The molecule has 15 heavy (non-hydrogen) atoms. The van der Waals surface area contributed by atoms with Gasteiger partial charge in [-0.15, -0.1) is 0 Å². The predicted octanol–water partition coefficient (Wildman–Crippen LogP) is 0.692. The van der Waals surface area contributed by atoms with Crippen LogP contribution in [0.15, 0.2) is 6.20 Å². The van der Waals surface area contributed by atoms with Crippen molar-refractivity contribution in [2.75, 3.05) is 13.6 Å². The Labute approximate surface area is 84.7 Å². The zero-order valence-corrected chi connectivity index (χ0v) is 8.34. The Kier molecular flexibility index (Phi) is 3.35. The van der Waals surface area contributed by atoms with Crippen LogP contribution in [0, 0.1) is 0 Å². The van der Waals surface area contributed by atoms with Gasteiger partial charge in [0.05, 0.1) is 6.10 Å². The first-order valence-corrected chi connectivity index (χ1v) is 4.29. The first kappa shape index (κ1) is 12.0. The van der Waals surface area contributed by atoms with Crippen LogP contribution in [0.3, 0.4) is 0 Å². The summed E-state index contributed by atoms with van der Waals surface area (Å²) < 4.78 is 38.4. The van der Waals surface area contributed by atoms with Gasteiger partial charge in [-0.3, -0.25) is 4.68 Å². The average molecular weight is 223 g/mol. The molecule has 0 bridgehead atoms. The molecule has 2 N–H and O–H groups in total. The predicted molar refractivity (Wildman–Crippen MR) is 47.1 cm³/mol. The Morgan fingerprint density at radius 3 is 2.67 bits per heavy atom. The van der Waals surface area contributed by atoms with Crippen molar-refractivity contribution in [1.82, 2.24) is 15.1 Å². The topological polar surface area (TPSA) is 50.1 Å². The lowest BCUT2D eigenvalue weighted by atomic mass is 10.1. The Hall–Kier alpha value is -1.08. The molecule has 0 radical (unpaired) electrons. The number of aliphatic hydroxyl groups is 1. The van der Waals surface area contributed by atoms with Gasteiger partial charge < -0.3 is 10.4 Å². The summed E-state index contributed by atoms with van der Waals surface area (Å²) in [6.07, 6.45) is -4.57. The van der Waals surface area contributed by atoms with Gasteiger partial charge in [0.15, 0.2) is 5.69 Å². The van der Waals surface area contributed by atoms with Crippen LogP contribution in [0.2, 0.25) is 0 Å². The Morgan fingerprint density at radius 1 is 1.60 bits per heavy atom. The summed E-state index contributed by atoms with van der Waals surface area (Å²) in [6, 6.07) is 0. The van der Waals surface area contributed by atoms with Crippen molar-refractivity contribution in [3.05, 3.63) is 17.5 Å². The summed E-state index contributed by atoms with van der Waals surface area (Å²) in [5, 5.41) is 15.4. The highest BCUT2D eigenvalue weighted by molar-refractivity contribution is 5.22. The lowest BCUT2D eigenvalue weighted by Gasteiger charge is -2.11. The minimum atomic E-state index is -4.54. The minimum Gasteiger partial charge on any atom is -0.387 e.